The van der Waals surface area contributed by atoms with Crippen LogP contribution in [0.25, 0.3) is 0 Å². The van der Waals surface area contributed by atoms with Crippen molar-refractivity contribution in [3.63, 3.8) is 0 Å². The third-order valence-corrected chi connectivity index (χ3v) is 3.05. The van der Waals surface area contributed by atoms with Crippen molar-refractivity contribution in [1.82, 2.24) is 15.1 Å². The Hall–Kier alpha value is -0.830. The molecule has 0 aliphatic carbocycles. The molecule has 1 unspecified atom stereocenters. The van der Waals surface area contributed by atoms with Gasteiger partial charge in [0.1, 0.15) is 0 Å². The highest BCUT2D eigenvalue weighted by Crippen LogP contribution is 2.22. The fraction of sp³-hybridized carbons (Fsp3) is 0.769. The second kappa shape index (κ2) is 6.04. The fourth-order valence-corrected chi connectivity index (χ4v) is 2.15. The molecular weight excluding hydrogens is 198 g/mol. The lowest BCUT2D eigenvalue weighted by molar-refractivity contribution is 0.469. The molecule has 3 nitrogen and oxygen atoms in total. The lowest BCUT2D eigenvalue weighted by Gasteiger charge is -2.16. The van der Waals surface area contributed by atoms with E-state index >= 15 is 0 Å². The van der Waals surface area contributed by atoms with Gasteiger partial charge in [0.05, 0.1) is 5.69 Å². The summed E-state index contributed by atoms with van der Waals surface area (Å²) in [5.41, 5.74) is 2.49. The van der Waals surface area contributed by atoms with Gasteiger partial charge in [-0.3, -0.25) is 4.68 Å². The van der Waals surface area contributed by atoms with Crippen LogP contribution in [-0.2, 0) is 7.05 Å². The van der Waals surface area contributed by atoms with Crippen LogP contribution in [0.3, 0.4) is 0 Å². The zero-order chi connectivity index (χ0) is 12.1. The number of rotatable bonds is 6. The number of nitrogens with zero attached hydrogens (tertiary/aromatic N) is 2. The molecule has 0 saturated heterocycles. The third kappa shape index (κ3) is 3.63. The van der Waals surface area contributed by atoms with Gasteiger partial charge in [-0.1, -0.05) is 26.7 Å². The molecule has 0 aromatic carbocycles. The Kier molecular flexibility index (Phi) is 5.00. The van der Waals surface area contributed by atoms with Gasteiger partial charge in [-0.15, -0.1) is 0 Å². The maximum atomic E-state index is 4.40. The van der Waals surface area contributed by atoms with E-state index < -0.39 is 0 Å². The Morgan fingerprint density at radius 2 is 2.06 bits per heavy atom. The average Bonchev–Trinajstić information content (AvgIpc) is 2.52. The molecule has 1 atom stereocenters. The van der Waals surface area contributed by atoms with Gasteiger partial charge in [-0.25, -0.2) is 0 Å². The molecule has 1 aromatic heterocycles. The topological polar surface area (TPSA) is 29.9 Å². The summed E-state index contributed by atoms with van der Waals surface area (Å²) in [6, 6.07) is 0.451. The Bertz CT molecular complexity index is 315. The van der Waals surface area contributed by atoms with E-state index in [1.165, 1.54) is 24.8 Å². The summed E-state index contributed by atoms with van der Waals surface area (Å²) in [6.07, 6.45) is 5.90. The van der Waals surface area contributed by atoms with Gasteiger partial charge in [0.25, 0.3) is 0 Å². The normalized spacial score (nSPS) is 13.4. The molecule has 0 saturated carbocycles. The molecule has 0 aliphatic rings. The van der Waals surface area contributed by atoms with Crippen LogP contribution in [0, 0.1) is 12.8 Å². The minimum atomic E-state index is 0.451. The first kappa shape index (κ1) is 13.2. The fourth-order valence-electron chi connectivity index (χ4n) is 2.15. The maximum Gasteiger partial charge on any atom is 0.0641 e. The zero-order valence-electron chi connectivity index (χ0n) is 11.2. The van der Waals surface area contributed by atoms with Crippen molar-refractivity contribution in [2.75, 3.05) is 7.05 Å². The van der Waals surface area contributed by atoms with Crippen molar-refractivity contribution in [1.29, 1.82) is 0 Å². The van der Waals surface area contributed by atoms with E-state index in [0.717, 1.165) is 11.6 Å². The minimum absolute atomic E-state index is 0.451. The predicted octanol–water partition coefficient (Wildman–Crippen LogP) is 2.82. The highest BCUT2D eigenvalue weighted by molar-refractivity contribution is 5.19. The van der Waals surface area contributed by atoms with Gasteiger partial charge in [-0.05, 0) is 26.3 Å². The summed E-state index contributed by atoms with van der Waals surface area (Å²) < 4.78 is 1.90. The first-order valence-corrected chi connectivity index (χ1v) is 6.22. The number of nitrogens with one attached hydrogen (secondary N) is 1. The summed E-state index contributed by atoms with van der Waals surface area (Å²) in [4.78, 5) is 0. The zero-order valence-corrected chi connectivity index (χ0v) is 11.2. The maximum absolute atomic E-state index is 4.40. The monoisotopic (exact) mass is 223 g/mol. The number of hydrogen-bond donors (Lipinski definition) is 1. The quantitative estimate of drug-likeness (QED) is 0.803. The smallest absolute Gasteiger partial charge is 0.0641 e. The summed E-state index contributed by atoms with van der Waals surface area (Å²) in [5.74, 6) is 0.799. The molecule has 16 heavy (non-hydrogen) atoms. The van der Waals surface area contributed by atoms with E-state index in [0.29, 0.717) is 6.04 Å². The summed E-state index contributed by atoms with van der Waals surface area (Å²) >= 11 is 0. The van der Waals surface area contributed by atoms with Gasteiger partial charge >= 0.3 is 0 Å². The van der Waals surface area contributed by atoms with Crippen LogP contribution in [0.1, 0.15) is 50.4 Å². The van der Waals surface area contributed by atoms with Crippen molar-refractivity contribution in [2.24, 2.45) is 13.0 Å². The van der Waals surface area contributed by atoms with E-state index in [1.807, 2.05) is 18.8 Å². The van der Waals surface area contributed by atoms with Crippen molar-refractivity contribution >= 4 is 0 Å². The Balaban J connectivity index is 2.57. The van der Waals surface area contributed by atoms with E-state index in [9.17, 15) is 0 Å². The van der Waals surface area contributed by atoms with Crippen LogP contribution in [0.2, 0.25) is 0 Å². The second-order valence-corrected chi connectivity index (χ2v) is 5.01. The number of aromatic nitrogens is 2. The molecule has 0 amide bonds. The summed E-state index contributed by atoms with van der Waals surface area (Å²) in [5, 5.41) is 7.79. The molecule has 1 heterocycles. The minimum Gasteiger partial charge on any atom is -0.313 e. The van der Waals surface area contributed by atoms with E-state index in [4.69, 9.17) is 0 Å². The predicted molar refractivity (Wildman–Crippen MR) is 68.4 cm³/mol. The molecule has 0 fully saturated rings. The van der Waals surface area contributed by atoms with Crippen LogP contribution in [0.5, 0.6) is 0 Å². The van der Waals surface area contributed by atoms with Gasteiger partial charge in [-0.2, -0.15) is 5.10 Å². The largest absolute Gasteiger partial charge is 0.313 e. The van der Waals surface area contributed by atoms with Crippen molar-refractivity contribution in [3.05, 3.63) is 17.5 Å². The van der Waals surface area contributed by atoms with Crippen LogP contribution >= 0.6 is 0 Å². The average molecular weight is 223 g/mol. The van der Waals surface area contributed by atoms with E-state index in [-0.39, 0.29) is 0 Å². The lowest BCUT2D eigenvalue weighted by Crippen LogP contribution is -2.16. The molecule has 0 spiro atoms. The first-order chi connectivity index (χ1) is 7.54. The molecule has 1 N–H and O–H groups in total. The number of hydrogen-bond acceptors (Lipinski definition) is 2. The molecule has 3 heteroatoms. The SMILES string of the molecule is CNC(CCCC(C)C)c1cn(C)nc1C. The van der Waals surface area contributed by atoms with Crippen LogP contribution in [-0.4, -0.2) is 16.8 Å². The van der Waals surface area contributed by atoms with Crippen molar-refractivity contribution in [2.45, 2.75) is 46.1 Å². The molecule has 0 radical (unpaired) electrons. The molecule has 1 aromatic rings. The summed E-state index contributed by atoms with van der Waals surface area (Å²) in [6.45, 7) is 6.65. The third-order valence-electron chi connectivity index (χ3n) is 3.05. The van der Waals surface area contributed by atoms with Crippen molar-refractivity contribution in [3.8, 4) is 0 Å². The lowest BCUT2D eigenvalue weighted by atomic mass is 9.99. The molecular formula is C13H25N3. The van der Waals surface area contributed by atoms with E-state index in [2.05, 4.69) is 37.4 Å². The molecule has 1 rings (SSSR count). The molecule has 0 bridgehead atoms. The van der Waals surface area contributed by atoms with Gasteiger partial charge in [0.2, 0.25) is 0 Å². The Labute approximate surface area is 99.2 Å². The van der Waals surface area contributed by atoms with Gasteiger partial charge in [0.15, 0.2) is 0 Å². The van der Waals surface area contributed by atoms with E-state index in [1.54, 1.807) is 0 Å². The second-order valence-electron chi connectivity index (χ2n) is 5.01. The van der Waals surface area contributed by atoms with Gasteiger partial charge in [0, 0.05) is 24.8 Å². The first-order valence-electron chi connectivity index (χ1n) is 6.22. The number of aryl methyl sites for hydroxylation is 2. The molecule has 0 aliphatic heterocycles. The van der Waals surface area contributed by atoms with Crippen LogP contribution in [0.15, 0.2) is 6.20 Å². The highest BCUT2D eigenvalue weighted by atomic mass is 15.3. The van der Waals surface area contributed by atoms with Crippen molar-refractivity contribution < 1.29 is 0 Å². The highest BCUT2D eigenvalue weighted by Gasteiger charge is 2.14. The standard InChI is InChI=1S/C13H25N3/c1-10(2)7-6-8-13(14-4)12-9-16(5)15-11(12)3/h9-10,13-14H,6-8H2,1-5H3. The Morgan fingerprint density at radius 3 is 2.50 bits per heavy atom. The van der Waals surface area contributed by atoms with Crippen LogP contribution in [0.4, 0.5) is 0 Å². The van der Waals surface area contributed by atoms with Crippen LogP contribution < -0.4 is 5.32 Å². The van der Waals surface area contributed by atoms with Gasteiger partial charge < -0.3 is 5.32 Å². The molecule has 92 valence electrons. The Morgan fingerprint density at radius 1 is 1.38 bits per heavy atom. The summed E-state index contributed by atoms with van der Waals surface area (Å²) in [7, 11) is 4.02.